The predicted octanol–water partition coefficient (Wildman–Crippen LogP) is 4.98. The maximum atomic E-state index is 12.9. The van der Waals surface area contributed by atoms with Crippen molar-refractivity contribution in [1.29, 1.82) is 0 Å². The molecule has 1 heterocycles. The maximum Gasteiger partial charge on any atom is 0.416 e. The van der Waals surface area contributed by atoms with E-state index in [0.29, 0.717) is 0 Å². The Morgan fingerprint density at radius 1 is 1.03 bits per heavy atom. The van der Waals surface area contributed by atoms with Gasteiger partial charge in [-0.25, -0.2) is 9.59 Å². The number of hydrogen-bond donors (Lipinski definition) is 1. The molecule has 3 rings (SSSR count). The van der Waals surface area contributed by atoms with Crippen molar-refractivity contribution in [2.24, 2.45) is 0 Å². The highest BCUT2D eigenvalue weighted by Crippen LogP contribution is 2.32. The molecule has 0 aliphatic heterocycles. The number of nitrogens with one attached hydrogen (secondary N) is 1. The minimum absolute atomic E-state index is 0.0149. The number of ether oxygens (including phenoxy) is 2. The summed E-state index contributed by atoms with van der Waals surface area (Å²) in [6, 6.07) is 15.6. The van der Waals surface area contributed by atoms with Crippen molar-refractivity contribution < 1.29 is 36.7 Å². The van der Waals surface area contributed by atoms with Crippen LogP contribution in [-0.4, -0.2) is 25.2 Å². The molecule has 0 saturated carbocycles. The van der Waals surface area contributed by atoms with Gasteiger partial charge in [-0.05, 0) is 29.8 Å². The molecule has 32 heavy (non-hydrogen) atoms. The Bertz CT molecular complexity index is 1060. The molecule has 0 saturated heterocycles. The van der Waals surface area contributed by atoms with Gasteiger partial charge in [0, 0.05) is 12.0 Å². The van der Waals surface area contributed by atoms with E-state index in [1.807, 2.05) is 6.07 Å². The summed E-state index contributed by atoms with van der Waals surface area (Å²) < 4.78 is 54.3. The number of benzene rings is 2. The molecule has 1 aromatic heterocycles. The van der Waals surface area contributed by atoms with Gasteiger partial charge in [-0.2, -0.15) is 13.2 Å². The fourth-order valence-corrected chi connectivity index (χ4v) is 2.94. The second-order valence-electron chi connectivity index (χ2n) is 6.83. The van der Waals surface area contributed by atoms with Gasteiger partial charge in [0.05, 0.1) is 12.7 Å². The van der Waals surface area contributed by atoms with Crippen LogP contribution in [0.25, 0.3) is 11.3 Å². The van der Waals surface area contributed by atoms with Crippen LogP contribution in [0.1, 0.15) is 16.9 Å². The molecule has 0 spiro atoms. The third-order valence-corrected chi connectivity index (χ3v) is 4.53. The number of methoxy groups -OCH3 is 1. The maximum absolute atomic E-state index is 12.9. The second kappa shape index (κ2) is 10.0. The summed E-state index contributed by atoms with van der Waals surface area (Å²) in [5.74, 6) is -0.253. The molecule has 3 aromatic rings. The lowest BCUT2D eigenvalue weighted by Gasteiger charge is -2.15. The number of halogens is 3. The zero-order chi connectivity index (χ0) is 23.1. The average molecular weight is 447 g/mol. The Kier molecular flexibility index (Phi) is 7.19. The highest BCUT2D eigenvalue weighted by molar-refractivity contribution is 5.81. The van der Waals surface area contributed by atoms with E-state index in [1.165, 1.54) is 31.4 Å². The minimum atomic E-state index is -4.48. The zero-order valence-electron chi connectivity index (χ0n) is 17.0. The lowest BCUT2D eigenvalue weighted by molar-refractivity contribution is -0.143. The summed E-state index contributed by atoms with van der Waals surface area (Å²) in [5.41, 5.74) is 0.202. The van der Waals surface area contributed by atoms with Gasteiger partial charge in [-0.3, -0.25) is 0 Å². The van der Waals surface area contributed by atoms with Crippen molar-refractivity contribution in [1.82, 2.24) is 5.32 Å². The van der Waals surface area contributed by atoms with E-state index in [2.05, 4.69) is 5.32 Å². The second-order valence-corrected chi connectivity index (χ2v) is 6.83. The monoisotopic (exact) mass is 447 g/mol. The van der Waals surface area contributed by atoms with Crippen molar-refractivity contribution in [3.63, 3.8) is 0 Å². The van der Waals surface area contributed by atoms with Gasteiger partial charge in [0.1, 0.15) is 24.2 Å². The number of esters is 1. The quantitative estimate of drug-likeness (QED) is 0.517. The number of carbonyl (C=O) groups is 2. The summed E-state index contributed by atoms with van der Waals surface area (Å²) in [5, 5.41) is 2.42. The smallest absolute Gasteiger partial charge is 0.416 e. The van der Waals surface area contributed by atoms with E-state index in [9.17, 15) is 22.8 Å². The minimum Gasteiger partial charge on any atom is -0.467 e. The fourth-order valence-electron chi connectivity index (χ4n) is 2.94. The molecule has 0 bridgehead atoms. The molecular formula is C23H20F3NO5. The Morgan fingerprint density at radius 2 is 1.78 bits per heavy atom. The molecule has 1 N–H and O–H groups in total. The van der Waals surface area contributed by atoms with Crippen LogP contribution in [0.2, 0.25) is 0 Å². The first-order valence-electron chi connectivity index (χ1n) is 9.57. The fraction of sp³-hybridized carbons (Fsp3) is 0.217. The summed E-state index contributed by atoms with van der Waals surface area (Å²) >= 11 is 0. The molecule has 1 unspecified atom stereocenters. The number of rotatable bonds is 7. The van der Waals surface area contributed by atoms with Crippen molar-refractivity contribution in [3.05, 3.63) is 83.6 Å². The first-order chi connectivity index (χ1) is 15.3. The number of carbonyl (C=O) groups excluding carboxylic acids is 2. The molecule has 0 radical (unpaired) electrons. The van der Waals surface area contributed by atoms with Gasteiger partial charge in [0.15, 0.2) is 0 Å². The summed E-state index contributed by atoms with van der Waals surface area (Å²) in [6.45, 7) is 0.0149. The molecule has 1 atom stereocenters. The largest absolute Gasteiger partial charge is 0.467 e. The summed E-state index contributed by atoms with van der Waals surface area (Å²) in [7, 11) is 1.17. The summed E-state index contributed by atoms with van der Waals surface area (Å²) in [6.07, 6.45) is -5.38. The van der Waals surface area contributed by atoms with Gasteiger partial charge in [0.2, 0.25) is 0 Å². The van der Waals surface area contributed by atoms with Crippen LogP contribution in [0, 0.1) is 0 Å². The predicted molar refractivity (Wildman–Crippen MR) is 108 cm³/mol. The van der Waals surface area contributed by atoms with Crippen LogP contribution in [0.4, 0.5) is 18.0 Å². The van der Waals surface area contributed by atoms with Gasteiger partial charge < -0.3 is 19.2 Å². The van der Waals surface area contributed by atoms with Crippen LogP contribution in [0.3, 0.4) is 0 Å². The van der Waals surface area contributed by atoms with Crippen LogP contribution in [0.5, 0.6) is 0 Å². The number of furan rings is 1. The lowest BCUT2D eigenvalue weighted by atomic mass is 10.1. The third kappa shape index (κ3) is 6.13. The molecule has 168 valence electrons. The molecule has 2 aromatic carbocycles. The van der Waals surface area contributed by atoms with Crippen molar-refractivity contribution >= 4 is 12.1 Å². The van der Waals surface area contributed by atoms with Gasteiger partial charge in [-0.1, -0.05) is 42.5 Å². The van der Waals surface area contributed by atoms with Crippen molar-refractivity contribution in [3.8, 4) is 11.3 Å². The van der Waals surface area contributed by atoms with Crippen LogP contribution in [0.15, 0.2) is 71.1 Å². The lowest BCUT2D eigenvalue weighted by Crippen LogP contribution is -2.43. The Balaban J connectivity index is 1.67. The molecule has 0 fully saturated rings. The number of amides is 1. The Hall–Kier alpha value is -3.75. The van der Waals surface area contributed by atoms with E-state index in [1.54, 1.807) is 24.3 Å². The van der Waals surface area contributed by atoms with E-state index >= 15 is 0 Å². The molecule has 1 amide bonds. The third-order valence-electron chi connectivity index (χ3n) is 4.53. The van der Waals surface area contributed by atoms with Crippen molar-refractivity contribution in [2.45, 2.75) is 25.2 Å². The van der Waals surface area contributed by atoms with Gasteiger partial charge >= 0.3 is 18.2 Å². The first kappa shape index (κ1) is 22.9. The Morgan fingerprint density at radius 3 is 2.47 bits per heavy atom. The van der Waals surface area contributed by atoms with E-state index in [0.717, 1.165) is 17.7 Å². The van der Waals surface area contributed by atoms with Crippen LogP contribution < -0.4 is 5.32 Å². The summed E-state index contributed by atoms with van der Waals surface area (Å²) in [4.78, 5) is 24.2. The van der Waals surface area contributed by atoms with E-state index < -0.39 is 29.8 Å². The van der Waals surface area contributed by atoms with E-state index in [4.69, 9.17) is 13.9 Å². The van der Waals surface area contributed by atoms with Gasteiger partial charge in [0.25, 0.3) is 0 Å². The van der Waals surface area contributed by atoms with Crippen molar-refractivity contribution in [2.75, 3.05) is 7.11 Å². The number of alkyl halides is 3. The van der Waals surface area contributed by atoms with Gasteiger partial charge in [-0.15, -0.1) is 0 Å². The van der Waals surface area contributed by atoms with E-state index in [-0.39, 0.29) is 30.1 Å². The first-order valence-corrected chi connectivity index (χ1v) is 9.57. The molecule has 0 aliphatic carbocycles. The molecule has 6 nitrogen and oxygen atoms in total. The number of hydrogen-bond acceptors (Lipinski definition) is 5. The highest BCUT2D eigenvalue weighted by atomic mass is 19.4. The standard InChI is InChI=1S/C23H20F3NO5/c1-30-21(28)19(27-22(29)31-14-15-6-3-2-4-7-15)13-18-10-11-20(32-18)16-8-5-9-17(12-16)23(24,25)26/h2-12,19H,13-14H2,1H3,(H,27,29). The molecular weight excluding hydrogens is 427 g/mol. The van der Waals surface area contributed by atoms with Crippen LogP contribution >= 0.6 is 0 Å². The van der Waals surface area contributed by atoms with Crippen LogP contribution in [-0.2, 0) is 33.5 Å². The average Bonchev–Trinajstić information content (AvgIpc) is 3.25. The molecule has 0 aliphatic rings. The zero-order valence-corrected chi connectivity index (χ0v) is 17.0. The SMILES string of the molecule is COC(=O)C(Cc1ccc(-c2cccc(C(F)(F)F)c2)o1)NC(=O)OCc1ccccc1. The highest BCUT2D eigenvalue weighted by Gasteiger charge is 2.31. The molecule has 9 heteroatoms. The normalized spacial score (nSPS) is 12.1. The Labute approximate surface area is 181 Å². The topological polar surface area (TPSA) is 77.8 Å². The number of alkyl carbamates (subject to hydrolysis) is 1.